The third-order valence-electron chi connectivity index (χ3n) is 5.33. The quantitative estimate of drug-likeness (QED) is 0.709. The van der Waals surface area contributed by atoms with Crippen molar-refractivity contribution in [2.24, 2.45) is 5.92 Å². The van der Waals surface area contributed by atoms with Crippen molar-refractivity contribution in [3.8, 4) is 0 Å². The van der Waals surface area contributed by atoms with Gasteiger partial charge in [0.25, 0.3) is 5.91 Å². The van der Waals surface area contributed by atoms with Gasteiger partial charge in [0.1, 0.15) is 5.82 Å². The Morgan fingerprint density at radius 1 is 1.12 bits per heavy atom. The molecule has 0 spiro atoms. The number of pyridine rings is 1. The molecule has 1 heterocycles. The second-order valence-corrected chi connectivity index (χ2v) is 7.07. The maximum Gasteiger partial charge on any atom is 0.255 e. The average Bonchev–Trinajstić information content (AvgIpc) is 3.53. The Morgan fingerprint density at radius 3 is 2.35 bits per heavy atom. The van der Waals surface area contributed by atoms with Crippen LogP contribution in [-0.2, 0) is 6.54 Å². The van der Waals surface area contributed by atoms with E-state index in [1.807, 2.05) is 35.2 Å². The monoisotopic (exact) mass is 351 g/mol. The summed E-state index contributed by atoms with van der Waals surface area (Å²) in [5.74, 6) is 1.63. The van der Waals surface area contributed by atoms with E-state index in [1.165, 1.54) is 18.4 Å². The number of carbonyl (C=O) groups excluding carboxylic acids is 1. The van der Waals surface area contributed by atoms with Crippen molar-refractivity contribution in [3.05, 3.63) is 59.8 Å². The molecule has 1 aromatic carbocycles. The minimum atomic E-state index is 0.0758. The van der Waals surface area contributed by atoms with Crippen LogP contribution in [0.3, 0.4) is 0 Å². The van der Waals surface area contributed by atoms with Gasteiger partial charge in [-0.3, -0.25) is 4.79 Å². The minimum Gasteiger partial charge on any atom is -0.357 e. The fourth-order valence-corrected chi connectivity index (χ4v) is 3.43. The summed E-state index contributed by atoms with van der Waals surface area (Å²) in [6.07, 6.45) is 4.17. The summed E-state index contributed by atoms with van der Waals surface area (Å²) < 4.78 is 0. The molecular weight excluding hydrogens is 322 g/mol. The molecule has 0 aliphatic heterocycles. The standard InChI is InChI=1S/C22H29N3O/c1-4-24(5-2)21-14-13-20(15-23-21)22(26)25(17(3)19-11-12-19)16-18-9-7-6-8-10-18/h6-10,13-15,17,19H,4-5,11-12,16H2,1-3H3. The van der Waals surface area contributed by atoms with E-state index in [0.717, 1.165) is 18.9 Å². The smallest absolute Gasteiger partial charge is 0.255 e. The van der Waals surface area contributed by atoms with Gasteiger partial charge < -0.3 is 9.80 Å². The van der Waals surface area contributed by atoms with Crippen LogP contribution >= 0.6 is 0 Å². The van der Waals surface area contributed by atoms with E-state index in [0.29, 0.717) is 18.0 Å². The number of anilines is 1. The highest BCUT2D eigenvalue weighted by Gasteiger charge is 2.34. The van der Waals surface area contributed by atoms with Crippen molar-refractivity contribution in [2.45, 2.75) is 46.2 Å². The first kappa shape index (κ1) is 18.4. The molecule has 0 bridgehead atoms. The largest absolute Gasteiger partial charge is 0.357 e. The zero-order valence-corrected chi connectivity index (χ0v) is 16.1. The van der Waals surface area contributed by atoms with Crippen LogP contribution in [0.1, 0.15) is 49.5 Å². The van der Waals surface area contributed by atoms with Crippen molar-refractivity contribution in [3.63, 3.8) is 0 Å². The number of aromatic nitrogens is 1. The van der Waals surface area contributed by atoms with Gasteiger partial charge in [0.15, 0.2) is 0 Å². The molecular formula is C22H29N3O. The summed E-state index contributed by atoms with van der Waals surface area (Å²) in [5.41, 5.74) is 1.84. The molecule has 1 unspecified atom stereocenters. The SMILES string of the molecule is CCN(CC)c1ccc(C(=O)N(Cc2ccccc2)C(C)C2CC2)cn1. The fourth-order valence-electron chi connectivity index (χ4n) is 3.43. The Kier molecular flexibility index (Phi) is 5.92. The van der Waals surface area contributed by atoms with Crippen molar-refractivity contribution in [1.82, 2.24) is 9.88 Å². The maximum atomic E-state index is 13.2. The normalized spacial score (nSPS) is 14.7. The van der Waals surface area contributed by atoms with Crippen molar-refractivity contribution in [1.29, 1.82) is 0 Å². The Hall–Kier alpha value is -2.36. The predicted octanol–water partition coefficient (Wildman–Crippen LogP) is 4.37. The van der Waals surface area contributed by atoms with Gasteiger partial charge in [0.05, 0.1) is 5.56 Å². The van der Waals surface area contributed by atoms with Crippen molar-refractivity contribution < 1.29 is 4.79 Å². The van der Waals surface area contributed by atoms with Crippen LogP contribution in [0.4, 0.5) is 5.82 Å². The molecule has 4 heteroatoms. The van der Waals surface area contributed by atoms with Gasteiger partial charge in [0.2, 0.25) is 0 Å². The molecule has 2 aromatic rings. The molecule has 1 saturated carbocycles. The van der Waals surface area contributed by atoms with E-state index in [-0.39, 0.29) is 11.9 Å². The number of hydrogen-bond donors (Lipinski definition) is 0. The summed E-state index contributed by atoms with van der Waals surface area (Å²) in [6.45, 7) is 8.88. The second kappa shape index (κ2) is 8.35. The molecule has 1 aliphatic rings. The van der Waals surface area contributed by atoms with E-state index in [9.17, 15) is 4.79 Å². The van der Waals surface area contributed by atoms with Crippen LogP contribution in [0.2, 0.25) is 0 Å². The van der Waals surface area contributed by atoms with Crippen LogP contribution in [-0.4, -0.2) is 34.9 Å². The highest BCUT2D eigenvalue weighted by Crippen LogP contribution is 2.36. The molecule has 26 heavy (non-hydrogen) atoms. The number of benzene rings is 1. The fraction of sp³-hybridized carbons (Fsp3) is 0.455. The average molecular weight is 351 g/mol. The molecule has 1 amide bonds. The maximum absolute atomic E-state index is 13.2. The highest BCUT2D eigenvalue weighted by molar-refractivity contribution is 5.94. The lowest BCUT2D eigenvalue weighted by molar-refractivity contribution is 0.0654. The van der Waals surface area contributed by atoms with Crippen LogP contribution in [0.25, 0.3) is 0 Å². The summed E-state index contributed by atoms with van der Waals surface area (Å²) >= 11 is 0. The van der Waals surface area contributed by atoms with Crippen LogP contribution in [0, 0.1) is 5.92 Å². The molecule has 138 valence electrons. The van der Waals surface area contributed by atoms with Gasteiger partial charge in [0, 0.05) is 31.9 Å². The third-order valence-corrected chi connectivity index (χ3v) is 5.33. The first-order chi connectivity index (χ1) is 12.6. The molecule has 0 N–H and O–H groups in total. The molecule has 1 atom stereocenters. The molecule has 1 fully saturated rings. The second-order valence-electron chi connectivity index (χ2n) is 7.07. The summed E-state index contributed by atoms with van der Waals surface area (Å²) in [6, 6.07) is 14.4. The van der Waals surface area contributed by atoms with Crippen molar-refractivity contribution >= 4 is 11.7 Å². The van der Waals surface area contributed by atoms with Gasteiger partial charge >= 0.3 is 0 Å². The number of hydrogen-bond acceptors (Lipinski definition) is 3. The number of nitrogens with zero attached hydrogens (tertiary/aromatic N) is 3. The van der Waals surface area contributed by atoms with Gasteiger partial charge in [-0.25, -0.2) is 4.98 Å². The lowest BCUT2D eigenvalue weighted by Crippen LogP contribution is -2.39. The minimum absolute atomic E-state index is 0.0758. The van der Waals surface area contributed by atoms with Crippen LogP contribution in [0.15, 0.2) is 48.7 Å². The Morgan fingerprint density at radius 2 is 1.81 bits per heavy atom. The molecule has 4 nitrogen and oxygen atoms in total. The van der Waals surface area contributed by atoms with Crippen molar-refractivity contribution in [2.75, 3.05) is 18.0 Å². The van der Waals surface area contributed by atoms with Gasteiger partial charge in [-0.2, -0.15) is 0 Å². The predicted molar refractivity (Wildman–Crippen MR) is 106 cm³/mol. The first-order valence-corrected chi connectivity index (χ1v) is 9.70. The number of carbonyl (C=O) groups is 1. The van der Waals surface area contributed by atoms with Gasteiger partial charge in [-0.15, -0.1) is 0 Å². The zero-order valence-electron chi connectivity index (χ0n) is 16.1. The van der Waals surface area contributed by atoms with E-state index in [2.05, 4.69) is 42.8 Å². The number of rotatable bonds is 8. The van der Waals surface area contributed by atoms with Gasteiger partial charge in [-0.05, 0) is 57.2 Å². The van der Waals surface area contributed by atoms with Crippen LogP contribution in [0.5, 0.6) is 0 Å². The van der Waals surface area contributed by atoms with Gasteiger partial charge in [-0.1, -0.05) is 30.3 Å². The lowest BCUT2D eigenvalue weighted by Gasteiger charge is -2.30. The Bertz CT molecular complexity index is 706. The highest BCUT2D eigenvalue weighted by atomic mass is 16.2. The molecule has 0 saturated heterocycles. The molecule has 1 aromatic heterocycles. The topological polar surface area (TPSA) is 36.4 Å². The van der Waals surface area contributed by atoms with Crippen LogP contribution < -0.4 is 4.90 Å². The first-order valence-electron chi connectivity index (χ1n) is 9.70. The molecule has 1 aliphatic carbocycles. The van der Waals surface area contributed by atoms with E-state index in [4.69, 9.17) is 0 Å². The third kappa shape index (κ3) is 4.24. The Balaban J connectivity index is 1.80. The Labute approximate surface area is 156 Å². The lowest BCUT2D eigenvalue weighted by atomic mass is 10.1. The number of amides is 1. The van der Waals surface area contributed by atoms with E-state index in [1.54, 1.807) is 6.20 Å². The zero-order chi connectivity index (χ0) is 18.5. The summed E-state index contributed by atoms with van der Waals surface area (Å²) in [4.78, 5) is 21.9. The van der Waals surface area contributed by atoms with E-state index >= 15 is 0 Å². The summed E-state index contributed by atoms with van der Waals surface area (Å²) in [7, 11) is 0. The molecule has 3 rings (SSSR count). The summed E-state index contributed by atoms with van der Waals surface area (Å²) in [5, 5.41) is 0. The van der Waals surface area contributed by atoms with E-state index < -0.39 is 0 Å². The molecule has 0 radical (unpaired) electrons.